The predicted octanol–water partition coefficient (Wildman–Crippen LogP) is 1.00. The van der Waals surface area contributed by atoms with Gasteiger partial charge in [-0.1, -0.05) is 6.92 Å². The number of carbonyl (C=O) groups is 1. The van der Waals surface area contributed by atoms with E-state index in [9.17, 15) is 18.3 Å². The quantitative estimate of drug-likeness (QED) is 0.627. The average Bonchev–Trinajstić information content (AvgIpc) is 3.17. The van der Waals surface area contributed by atoms with Crippen molar-refractivity contribution >= 4 is 21.6 Å². The second-order valence-corrected chi connectivity index (χ2v) is 10.2. The van der Waals surface area contributed by atoms with Gasteiger partial charge in [-0.3, -0.25) is 9.52 Å². The lowest BCUT2D eigenvalue weighted by molar-refractivity contribution is 0.0363. The number of aromatic nitrogens is 2. The number of anilines is 1. The van der Waals surface area contributed by atoms with Gasteiger partial charge in [0, 0.05) is 37.9 Å². The van der Waals surface area contributed by atoms with E-state index in [0.29, 0.717) is 18.8 Å². The van der Waals surface area contributed by atoms with Crippen LogP contribution in [0, 0.1) is 5.92 Å². The molecule has 0 radical (unpaired) electrons. The van der Waals surface area contributed by atoms with Gasteiger partial charge in [-0.15, -0.1) is 0 Å². The number of aliphatic hydroxyl groups is 1. The van der Waals surface area contributed by atoms with Crippen molar-refractivity contribution in [2.75, 3.05) is 38.5 Å². The smallest absolute Gasteiger partial charge is 0.280 e. The number of amides is 1. The number of sulfonamides is 1. The number of hydrogen-bond donors (Lipinski definition) is 2. The van der Waals surface area contributed by atoms with Gasteiger partial charge in [0.15, 0.2) is 5.03 Å². The van der Waals surface area contributed by atoms with E-state index in [1.807, 2.05) is 25.9 Å². The van der Waals surface area contributed by atoms with E-state index in [4.69, 9.17) is 4.74 Å². The fraction of sp³-hybridized carbons (Fsp3) is 0.524. The molecule has 2 N–H and O–H groups in total. The van der Waals surface area contributed by atoms with E-state index < -0.39 is 16.1 Å². The Morgan fingerprint density at radius 3 is 2.69 bits per heavy atom. The van der Waals surface area contributed by atoms with Crippen LogP contribution in [0.1, 0.15) is 24.2 Å². The summed E-state index contributed by atoms with van der Waals surface area (Å²) in [5.41, 5.74) is 0.461. The molecule has 0 aliphatic carbocycles. The van der Waals surface area contributed by atoms with Gasteiger partial charge in [0.05, 0.1) is 24.5 Å². The van der Waals surface area contributed by atoms with Crippen molar-refractivity contribution in [1.29, 1.82) is 0 Å². The number of ether oxygens (including phenoxy) is 1. The highest BCUT2D eigenvalue weighted by molar-refractivity contribution is 7.92. The molecule has 11 heteroatoms. The van der Waals surface area contributed by atoms with Crippen LogP contribution in [0.3, 0.4) is 0 Å². The number of likely N-dealkylation sites (N-methyl/N-ethyl adjacent to an activating group) is 1. The van der Waals surface area contributed by atoms with Gasteiger partial charge in [0.1, 0.15) is 11.9 Å². The third-order valence-corrected chi connectivity index (χ3v) is 6.68. The molecular weight excluding hydrogens is 434 g/mol. The molecule has 2 heterocycles. The monoisotopic (exact) mass is 465 g/mol. The second kappa shape index (κ2) is 9.47. The Bertz CT molecular complexity index is 1070. The number of rotatable bonds is 7. The molecule has 1 aliphatic heterocycles. The normalized spacial score (nSPS) is 20.3. The zero-order chi connectivity index (χ0) is 23.6. The number of aliphatic hydroxyl groups excluding tert-OH is 1. The minimum atomic E-state index is -3.92. The van der Waals surface area contributed by atoms with Crippen LogP contribution in [0.5, 0.6) is 5.75 Å². The summed E-state index contributed by atoms with van der Waals surface area (Å²) in [6.07, 6.45) is 2.59. The largest absolute Gasteiger partial charge is 0.488 e. The van der Waals surface area contributed by atoms with E-state index in [1.165, 1.54) is 23.2 Å². The maximum Gasteiger partial charge on any atom is 0.280 e. The molecule has 1 aliphatic rings. The summed E-state index contributed by atoms with van der Waals surface area (Å²) < 4.78 is 35.6. The van der Waals surface area contributed by atoms with Crippen molar-refractivity contribution in [3.05, 3.63) is 36.3 Å². The third-order valence-electron chi connectivity index (χ3n) is 5.42. The standard InChI is InChI=1S/C21H31N5O5S/c1-14-9-26(15(2)12-27)21(28)17-8-16(6-7-18(17)31-19(14)10-24(3)4)23-32(29,30)20-11-25(5)13-22-20/h6-8,11,13-15,19,23,27H,9-10,12H2,1-5H3/t14-,15+,19-/m1/s1. The third kappa shape index (κ3) is 5.22. The Hall–Kier alpha value is -2.63. The van der Waals surface area contributed by atoms with Crippen LogP contribution in [-0.4, -0.2) is 84.7 Å². The number of carbonyl (C=O) groups excluding carboxylic acids is 1. The number of hydrogen-bond acceptors (Lipinski definition) is 7. The maximum absolute atomic E-state index is 13.4. The molecule has 1 aromatic heterocycles. The highest BCUT2D eigenvalue weighted by atomic mass is 32.2. The van der Waals surface area contributed by atoms with Crippen molar-refractivity contribution < 1.29 is 23.1 Å². The van der Waals surface area contributed by atoms with Gasteiger partial charge in [-0.25, -0.2) is 4.98 Å². The first-order chi connectivity index (χ1) is 15.0. The van der Waals surface area contributed by atoms with Crippen molar-refractivity contribution in [1.82, 2.24) is 19.4 Å². The molecule has 1 aromatic carbocycles. The van der Waals surface area contributed by atoms with Crippen LogP contribution in [0.25, 0.3) is 0 Å². The average molecular weight is 466 g/mol. The highest BCUT2D eigenvalue weighted by Crippen LogP contribution is 2.31. The minimum absolute atomic E-state index is 0.0193. The Morgan fingerprint density at radius 2 is 2.09 bits per heavy atom. The van der Waals surface area contributed by atoms with Gasteiger partial charge in [-0.05, 0) is 39.2 Å². The molecule has 0 unspecified atom stereocenters. The van der Waals surface area contributed by atoms with E-state index in [0.717, 1.165) is 0 Å². The number of aryl methyl sites for hydroxylation is 1. The number of imidazole rings is 1. The molecule has 176 valence electrons. The van der Waals surface area contributed by atoms with Crippen LogP contribution in [0.4, 0.5) is 5.69 Å². The van der Waals surface area contributed by atoms with Gasteiger partial charge >= 0.3 is 0 Å². The van der Waals surface area contributed by atoms with Crippen LogP contribution >= 0.6 is 0 Å². The second-order valence-electron chi connectivity index (χ2n) is 8.58. The summed E-state index contributed by atoms with van der Waals surface area (Å²) in [4.78, 5) is 20.9. The Morgan fingerprint density at radius 1 is 1.38 bits per heavy atom. The molecule has 10 nitrogen and oxygen atoms in total. The molecule has 0 saturated heterocycles. The van der Waals surface area contributed by atoms with Crippen LogP contribution in [0.15, 0.2) is 35.7 Å². The molecule has 0 bridgehead atoms. The molecule has 1 amide bonds. The molecule has 0 fully saturated rings. The van der Waals surface area contributed by atoms with E-state index in [2.05, 4.69) is 9.71 Å². The van der Waals surface area contributed by atoms with E-state index in [1.54, 1.807) is 31.0 Å². The zero-order valence-corrected chi connectivity index (χ0v) is 19.8. The lowest BCUT2D eigenvalue weighted by atomic mass is 9.99. The lowest BCUT2D eigenvalue weighted by Gasteiger charge is -2.37. The van der Waals surface area contributed by atoms with Crippen molar-refractivity contribution in [3.8, 4) is 5.75 Å². The summed E-state index contributed by atoms with van der Waals surface area (Å²) in [5.74, 6) is 0.0748. The number of nitrogens with zero attached hydrogens (tertiary/aromatic N) is 4. The van der Waals surface area contributed by atoms with Crippen molar-refractivity contribution in [2.24, 2.45) is 13.0 Å². The number of nitrogens with one attached hydrogen (secondary N) is 1. The van der Waals surface area contributed by atoms with Gasteiger partial charge in [0.25, 0.3) is 15.9 Å². The number of benzene rings is 1. The van der Waals surface area contributed by atoms with Crippen LogP contribution in [0.2, 0.25) is 0 Å². The van der Waals surface area contributed by atoms with E-state index in [-0.39, 0.29) is 40.8 Å². The van der Waals surface area contributed by atoms with Crippen molar-refractivity contribution in [2.45, 2.75) is 31.0 Å². The van der Waals surface area contributed by atoms with Crippen molar-refractivity contribution in [3.63, 3.8) is 0 Å². The maximum atomic E-state index is 13.4. The molecule has 2 aromatic rings. The highest BCUT2D eigenvalue weighted by Gasteiger charge is 2.33. The fourth-order valence-electron chi connectivity index (χ4n) is 3.60. The summed E-state index contributed by atoms with van der Waals surface area (Å²) in [6, 6.07) is 4.24. The first-order valence-electron chi connectivity index (χ1n) is 10.4. The van der Waals surface area contributed by atoms with Crippen LogP contribution < -0.4 is 9.46 Å². The molecule has 3 atom stereocenters. The zero-order valence-electron chi connectivity index (χ0n) is 19.0. The first kappa shape index (κ1) is 24.0. The summed E-state index contributed by atoms with van der Waals surface area (Å²) >= 11 is 0. The Labute approximate surface area is 188 Å². The SMILES string of the molecule is C[C@@H]1CN([C@@H](C)CO)C(=O)c2cc(NS(=O)(=O)c3cn(C)cn3)ccc2O[C@@H]1CN(C)C. The van der Waals surface area contributed by atoms with Gasteiger partial charge in [-0.2, -0.15) is 8.42 Å². The minimum Gasteiger partial charge on any atom is -0.488 e. The summed E-state index contributed by atoms with van der Waals surface area (Å²) in [7, 11) is 1.66. The molecule has 32 heavy (non-hydrogen) atoms. The van der Waals surface area contributed by atoms with E-state index >= 15 is 0 Å². The van der Waals surface area contributed by atoms with Gasteiger partial charge in [0.2, 0.25) is 0 Å². The topological polar surface area (TPSA) is 117 Å². The summed E-state index contributed by atoms with van der Waals surface area (Å²) in [5, 5.41) is 9.59. The first-order valence-corrected chi connectivity index (χ1v) is 11.9. The molecule has 3 rings (SSSR count). The van der Waals surface area contributed by atoms with Crippen LogP contribution in [-0.2, 0) is 17.1 Å². The molecule has 0 spiro atoms. The fourth-order valence-corrected chi connectivity index (χ4v) is 4.63. The Kier molecular flexibility index (Phi) is 7.11. The molecule has 0 saturated carbocycles. The lowest BCUT2D eigenvalue weighted by Crippen LogP contribution is -2.49. The molecular formula is C21H31N5O5S. The van der Waals surface area contributed by atoms with Gasteiger partial charge < -0.3 is 24.2 Å². The predicted molar refractivity (Wildman–Crippen MR) is 120 cm³/mol. The Balaban J connectivity index is 2.00. The number of fused-ring (bicyclic) bond motifs is 1. The summed E-state index contributed by atoms with van der Waals surface area (Å²) in [6.45, 7) is 4.66.